The van der Waals surface area contributed by atoms with E-state index in [0.717, 1.165) is 0 Å². The third-order valence-electron chi connectivity index (χ3n) is 5.19. The summed E-state index contributed by atoms with van der Waals surface area (Å²) in [6, 6.07) is 6.36. The van der Waals surface area contributed by atoms with Gasteiger partial charge in [-0.2, -0.15) is 0 Å². The number of halogens is 1. The van der Waals surface area contributed by atoms with Crippen LogP contribution in [0, 0.1) is 5.82 Å². The predicted octanol–water partition coefficient (Wildman–Crippen LogP) is 3.18. The van der Waals surface area contributed by atoms with E-state index in [9.17, 15) is 0 Å². The summed E-state index contributed by atoms with van der Waals surface area (Å²) in [6.45, 7) is 7.78. The number of hydrogen-bond donors (Lipinski definition) is 0. The third kappa shape index (κ3) is 3.85. The summed E-state index contributed by atoms with van der Waals surface area (Å²) >= 11 is 0. The van der Waals surface area contributed by atoms with Gasteiger partial charge in [0.2, 0.25) is 5.88 Å². The van der Waals surface area contributed by atoms with Crippen LogP contribution in [-0.4, -0.2) is 44.3 Å². The van der Waals surface area contributed by atoms with Crippen LogP contribution in [0.5, 0.6) is 11.6 Å². The summed E-state index contributed by atoms with van der Waals surface area (Å²) in [7, 11) is 2.27. The standard InChI is InChI=1S/C20H25BFNO5/c1-19(2)20(3,4)28-21(27-19)15-11-16(22)14(10-17(15)26-12-24-5)13-7-8-23-18(9-13)25-6/h7-11H,12H2,1-6H3. The smallest absolute Gasteiger partial charge is 0.481 e. The Morgan fingerprint density at radius 1 is 1.07 bits per heavy atom. The number of rotatable bonds is 6. The maximum absolute atomic E-state index is 15.1. The topological polar surface area (TPSA) is 59.0 Å². The van der Waals surface area contributed by atoms with E-state index in [4.69, 9.17) is 23.5 Å². The number of pyridine rings is 1. The van der Waals surface area contributed by atoms with Gasteiger partial charge in [-0.25, -0.2) is 9.37 Å². The number of methoxy groups -OCH3 is 2. The average Bonchev–Trinajstić information content (AvgIpc) is 2.87. The second-order valence-electron chi connectivity index (χ2n) is 7.60. The number of hydrogen-bond acceptors (Lipinski definition) is 6. The molecule has 0 radical (unpaired) electrons. The Bertz CT molecular complexity index is 842. The molecule has 0 atom stereocenters. The van der Waals surface area contributed by atoms with Crippen LogP contribution in [0.2, 0.25) is 0 Å². The lowest BCUT2D eigenvalue weighted by Gasteiger charge is -2.32. The van der Waals surface area contributed by atoms with Crippen molar-refractivity contribution < 1.29 is 27.9 Å². The van der Waals surface area contributed by atoms with Crippen molar-refractivity contribution in [3.63, 3.8) is 0 Å². The molecule has 0 amide bonds. The van der Waals surface area contributed by atoms with Crippen LogP contribution in [0.3, 0.4) is 0 Å². The van der Waals surface area contributed by atoms with Crippen molar-refractivity contribution >= 4 is 12.6 Å². The molecule has 1 aromatic heterocycles. The summed E-state index contributed by atoms with van der Waals surface area (Å²) in [5, 5.41) is 0. The van der Waals surface area contributed by atoms with Gasteiger partial charge < -0.3 is 23.5 Å². The van der Waals surface area contributed by atoms with Gasteiger partial charge in [0.25, 0.3) is 0 Å². The molecule has 6 nitrogen and oxygen atoms in total. The van der Waals surface area contributed by atoms with E-state index >= 15 is 4.39 Å². The number of ether oxygens (including phenoxy) is 3. The van der Waals surface area contributed by atoms with Gasteiger partial charge in [-0.05, 0) is 51.5 Å². The monoisotopic (exact) mass is 389 g/mol. The van der Waals surface area contributed by atoms with Crippen molar-refractivity contribution in [3.05, 3.63) is 36.3 Å². The van der Waals surface area contributed by atoms with Gasteiger partial charge in [0.1, 0.15) is 11.6 Å². The van der Waals surface area contributed by atoms with Gasteiger partial charge in [-0.1, -0.05) is 0 Å². The average molecular weight is 389 g/mol. The lowest BCUT2D eigenvalue weighted by Crippen LogP contribution is -2.41. The maximum Gasteiger partial charge on any atom is 0.498 e. The fourth-order valence-electron chi connectivity index (χ4n) is 2.88. The summed E-state index contributed by atoms with van der Waals surface area (Å²) in [5.74, 6) is 0.390. The summed E-state index contributed by atoms with van der Waals surface area (Å²) in [4.78, 5) is 4.06. The molecule has 0 unspecified atom stereocenters. The molecule has 150 valence electrons. The molecule has 2 heterocycles. The first-order chi connectivity index (χ1) is 13.2. The van der Waals surface area contributed by atoms with Crippen LogP contribution < -0.4 is 14.9 Å². The van der Waals surface area contributed by atoms with E-state index in [-0.39, 0.29) is 6.79 Å². The van der Waals surface area contributed by atoms with E-state index in [2.05, 4.69) is 4.98 Å². The molecule has 8 heteroatoms. The zero-order chi connectivity index (χ0) is 20.5. The Hall–Kier alpha value is -2.16. The zero-order valence-corrected chi connectivity index (χ0v) is 17.0. The van der Waals surface area contributed by atoms with Gasteiger partial charge in [0, 0.05) is 30.4 Å². The largest absolute Gasteiger partial charge is 0.498 e. The fraction of sp³-hybridized carbons (Fsp3) is 0.450. The Morgan fingerprint density at radius 3 is 2.36 bits per heavy atom. The highest BCUT2D eigenvalue weighted by atomic mass is 19.1. The van der Waals surface area contributed by atoms with Crippen molar-refractivity contribution in [2.45, 2.75) is 38.9 Å². The first-order valence-corrected chi connectivity index (χ1v) is 9.00. The Labute approximate surface area is 165 Å². The van der Waals surface area contributed by atoms with Crippen molar-refractivity contribution in [2.24, 2.45) is 0 Å². The van der Waals surface area contributed by atoms with Crippen LogP contribution >= 0.6 is 0 Å². The summed E-state index contributed by atoms with van der Waals surface area (Å²) in [6.07, 6.45) is 1.56. The number of nitrogens with zero attached hydrogens (tertiary/aromatic N) is 1. The molecule has 0 aliphatic carbocycles. The molecule has 1 saturated heterocycles. The molecule has 3 rings (SSSR count). The molecule has 2 aromatic rings. The van der Waals surface area contributed by atoms with Crippen molar-refractivity contribution in [1.82, 2.24) is 4.98 Å². The second-order valence-corrected chi connectivity index (χ2v) is 7.60. The molecule has 0 N–H and O–H groups in total. The molecular weight excluding hydrogens is 364 g/mol. The van der Waals surface area contributed by atoms with Crippen LogP contribution in [0.4, 0.5) is 4.39 Å². The van der Waals surface area contributed by atoms with Crippen LogP contribution in [0.25, 0.3) is 11.1 Å². The summed E-state index contributed by atoms with van der Waals surface area (Å²) in [5.41, 5.74) is 0.338. The minimum absolute atomic E-state index is 0.0112. The van der Waals surface area contributed by atoms with Crippen LogP contribution in [0.15, 0.2) is 30.5 Å². The van der Waals surface area contributed by atoms with Crippen LogP contribution in [0.1, 0.15) is 27.7 Å². The quantitative estimate of drug-likeness (QED) is 0.559. The number of benzene rings is 1. The SMILES string of the molecule is COCOc1cc(-c2ccnc(OC)c2)c(F)cc1B1OC(C)(C)C(C)(C)O1. The van der Waals surface area contributed by atoms with Gasteiger partial charge in [-0.3, -0.25) is 0 Å². The molecular formula is C20H25BFNO5. The van der Waals surface area contributed by atoms with E-state index in [1.54, 1.807) is 24.4 Å². The molecule has 1 fully saturated rings. The molecule has 0 saturated carbocycles. The normalized spacial score (nSPS) is 17.6. The Morgan fingerprint density at radius 2 is 1.75 bits per heavy atom. The van der Waals surface area contributed by atoms with Crippen LogP contribution in [-0.2, 0) is 14.0 Å². The lowest BCUT2D eigenvalue weighted by molar-refractivity contribution is 0.00578. The minimum atomic E-state index is -0.757. The van der Waals surface area contributed by atoms with Gasteiger partial charge in [0.05, 0.1) is 18.3 Å². The van der Waals surface area contributed by atoms with Gasteiger partial charge >= 0.3 is 7.12 Å². The minimum Gasteiger partial charge on any atom is -0.481 e. The van der Waals surface area contributed by atoms with E-state index in [1.807, 2.05) is 27.7 Å². The molecule has 1 aromatic carbocycles. The van der Waals surface area contributed by atoms with Gasteiger partial charge in [-0.15, -0.1) is 0 Å². The fourth-order valence-corrected chi connectivity index (χ4v) is 2.88. The molecule has 1 aliphatic rings. The van der Waals surface area contributed by atoms with E-state index in [1.165, 1.54) is 20.3 Å². The third-order valence-corrected chi connectivity index (χ3v) is 5.19. The molecule has 1 aliphatic heterocycles. The van der Waals surface area contributed by atoms with Crippen molar-refractivity contribution in [2.75, 3.05) is 21.0 Å². The maximum atomic E-state index is 15.1. The summed E-state index contributed by atoms with van der Waals surface area (Å²) < 4.78 is 43.1. The van der Waals surface area contributed by atoms with E-state index in [0.29, 0.717) is 28.2 Å². The molecule has 28 heavy (non-hydrogen) atoms. The first-order valence-electron chi connectivity index (χ1n) is 9.00. The number of aromatic nitrogens is 1. The predicted molar refractivity (Wildman–Crippen MR) is 104 cm³/mol. The Kier molecular flexibility index (Phi) is 5.65. The van der Waals surface area contributed by atoms with E-state index < -0.39 is 24.1 Å². The molecule has 0 bridgehead atoms. The highest BCUT2D eigenvalue weighted by molar-refractivity contribution is 6.63. The van der Waals surface area contributed by atoms with Crippen molar-refractivity contribution in [1.29, 1.82) is 0 Å². The zero-order valence-electron chi connectivity index (χ0n) is 17.0. The Balaban J connectivity index is 2.05. The second kappa shape index (κ2) is 7.70. The lowest BCUT2D eigenvalue weighted by atomic mass is 9.77. The molecule has 0 spiro atoms. The van der Waals surface area contributed by atoms with Gasteiger partial charge in [0.15, 0.2) is 6.79 Å². The van der Waals surface area contributed by atoms with Crippen molar-refractivity contribution in [3.8, 4) is 22.8 Å². The highest BCUT2D eigenvalue weighted by Gasteiger charge is 2.52. The first kappa shape index (κ1) is 20.6. The highest BCUT2D eigenvalue weighted by Crippen LogP contribution is 2.38.